The van der Waals surface area contributed by atoms with Gasteiger partial charge in [-0.25, -0.2) is 24.3 Å². The molecular formula is C61H74N12O8. The van der Waals surface area contributed by atoms with Gasteiger partial charge >= 0.3 is 0 Å². The Bertz CT molecular complexity index is 3370. The molecule has 1 N–H and O–H groups in total. The molecule has 6 aliphatic rings. The number of piperidine rings is 2. The highest BCUT2D eigenvalue weighted by atomic mass is 16.5. The molecule has 1 aromatic carbocycles. The molecule has 0 bridgehead atoms. The smallest absolute Gasteiger partial charge is 0.250 e. The van der Waals surface area contributed by atoms with Gasteiger partial charge in [0.2, 0.25) is 23.0 Å². The quantitative estimate of drug-likeness (QED) is 0.0890. The molecule has 0 spiro atoms. The van der Waals surface area contributed by atoms with Gasteiger partial charge in [-0.1, -0.05) is 43.2 Å². The van der Waals surface area contributed by atoms with Crippen LogP contribution in [0.3, 0.4) is 0 Å². The molecule has 20 heteroatoms. The van der Waals surface area contributed by atoms with Crippen molar-refractivity contribution in [2.45, 2.75) is 94.7 Å². The predicted octanol–water partition coefficient (Wildman–Crippen LogP) is 7.30. The van der Waals surface area contributed by atoms with Crippen LogP contribution in [-0.4, -0.2) is 179 Å². The summed E-state index contributed by atoms with van der Waals surface area (Å²) in [4.78, 5) is 65.2. The molecule has 20 nitrogen and oxygen atoms in total. The summed E-state index contributed by atoms with van der Waals surface area (Å²) < 4.78 is 31.2. The van der Waals surface area contributed by atoms with Gasteiger partial charge in [0.1, 0.15) is 31.2 Å². The van der Waals surface area contributed by atoms with E-state index in [0.29, 0.717) is 64.8 Å². The number of anilines is 2. The Morgan fingerprint density at radius 1 is 0.605 bits per heavy atom. The second-order valence-corrected chi connectivity index (χ2v) is 22.3. The molecule has 6 fully saturated rings. The summed E-state index contributed by atoms with van der Waals surface area (Å²) in [7, 11) is 3.06. The van der Waals surface area contributed by atoms with Gasteiger partial charge in [-0.05, 0) is 81.2 Å². The summed E-state index contributed by atoms with van der Waals surface area (Å²) in [5.41, 5.74) is 8.55. The number of ether oxygens (including phenoxy) is 5. The van der Waals surface area contributed by atoms with Crippen molar-refractivity contribution in [3.8, 4) is 17.3 Å². The Hall–Kier alpha value is -6.94. The first kappa shape index (κ1) is 54.6. The normalized spacial score (nSPS) is 19.1. The number of pyridine rings is 4. The molecule has 13 rings (SSSR count). The number of aromatic nitrogens is 8. The van der Waals surface area contributed by atoms with Crippen LogP contribution in [0.4, 0.5) is 11.4 Å². The summed E-state index contributed by atoms with van der Waals surface area (Å²) in [6, 6.07) is 22.2. The molecule has 426 valence electrons. The van der Waals surface area contributed by atoms with Crippen molar-refractivity contribution in [2.75, 3.05) is 116 Å². The molecule has 4 aliphatic heterocycles. The van der Waals surface area contributed by atoms with Crippen LogP contribution in [-0.2, 0) is 25.6 Å². The number of aromatic amines is 1. The number of fused-ring (bicyclic) bond motifs is 2. The number of morpholine rings is 2. The third-order valence-electron chi connectivity index (χ3n) is 17.3. The largest absolute Gasteiger partial charge is 0.473 e. The van der Waals surface area contributed by atoms with E-state index < -0.39 is 0 Å². The maximum atomic E-state index is 13.2. The van der Waals surface area contributed by atoms with Crippen molar-refractivity contribution in [2.24, 2.45) is 0 Å². The van der Waals surface area contributed by atoms with Crippen LogP contribution in [0.1, 0.15) is 114 Å². The van der Waals surface area contributed by atoms with Crippen molar-refractivity contribution in [1.29, 1.82) is 0 Å². The molecular weight excluding hydrogens is 1030 g/mol. The lowest BCUT2D eigenvalue weighted by Gasteiger charge is -2.41. The Morgan fingerprint density at radius 3 is 1.56 bits per heavy atom. The minimum atomic E-state index is -0.205. The van der Waals surface area contributed by atoms with Gasteiger partial charge in [-0.3, -0.25) is 24.2 Å². The van der Waals surface area contributed by atoms with E-state index in [1.165, 1.54) is 26.0 Å². The zero-order chi connectivity index (χ0) is 55.2. The zero-order valence-electron chi connectivity index (χ0n) is 46.7. The van der Waals surface area contributed by atoms with Crippen LogP contribution in [0.5, 0.6) is 5.88 Å². The third kappa shape index (κ3) is 11.9. The first-order valence-electron chi connectivity index (χ1n) is 29.2. The lowest BCUT2D eigenvalue weighted by Crippen LogP contribution is -2.49. The Morgan fingerprint density at radius 2 is 1.10 bits per heavy atom. The number of carbonyl (C=O) groups excluding carboxylic acids is 2. The summed E-state index contributed by atoms with van der Waals surface area (Å²) in [6.45, 7) is 11.2. The van der Waals surface area contributed by atoms with Crippen molar-refractivity contribution < 1.29 is 33.3 Å². The molecule has 4 saturated heterocycles. The number of nitrogens with zero attached hydrogens (tertiary/aromatic N) is 11. The number of benzene rings is 1. The van der Waals surface area contributed by atoms with E-state index in [2.05, 4.69) is 29.6 Å². The molecule has 10 heterocycles. The average molecular weight is 1100 g/mol. The van der Waals surface area contributed by atoms with Crippen LogP contribution < -0.4 is 20.1 Å². The minimum Gasteiger partial charge on any atom is -0.473 e. The van der Waals surface area contributed by atoms with Gasteiger partial charge in [0, 0.05) is 115 Å². The maximum Gasteiger partial charge on any atom is 0.250 e. The van der Waals surface area contributed by atoms with Crippen LogP contribution in [0.15, 0.2) is 83.9 Å². The molecule has 6 aromatic heterocycles. The molecule has 2 saturated carbocycles. The maximum absolute atomic E-state index is 13.2. The lowest BCUT2D eigenvalue weighted by molar-refractivity contribution is 0.0115. The van der Waals surface area contributed by atoms with Gasteiger partial charge in [0.05, 0.1) is 71.3 Å². The first-order valence-corrected chi connectivity index (χ1v) is 29.2. The number of methoxy groups -OCH3 is 2. The average Bonchev–Trinajstić information content (AvgIpc) is 3.51. The zero-order valence-corrected chi connectivity index (χ0v) is 46.7. The van der Waals surface area contributed by atoms with E-state index in [4.69, 9.17) is 43.8 Å². The van der Waals surface area contributed by atoms with Gasteiger partial charge in [0.25, 0.3) is 0 Å². The lowest BCUT2D eigenvalue weighted by atomic mass is 9.82. The third-order valence-corrected chi connectivity index (χ3v) is 17.3. The van der Waals surface area contributed by atoms with E-state index >= 15 is 0 Å². The Kier molecular flexibility index (Phi) is 16.9. The highest BCUT2D eigenvalue weighted by Crippen LogP contribution is 2.45. The van der Waals surface area contributed by atoms with E-state index in [1.807, 2.05) is 65.3 Å². The number of hydrogen-bond acceptors (Lipinski definition) is 17. The highest BCUT2D eigenvalue weighted by Gasteiger charge is 2.35. The molecule has 0 unspecified atom stereocenters. The number of H-pyrrole nitrogens is 1. The summed E-state index contributed by atoms with van der Waals surface area (Å²) in [5.74, 6) is 0.937. The molecule has 0 amide bonds. The number of carbonyl (C=O) groups is 2. The number of rotatable bonds is 17. The van der Waals surface area contributed by atoms with Crippen molar-refractivity contribution in [1.82, 2.24) is 49.3 Å². The van der Waals surface area contributed by atoms with Crippen LogP contribution >= 0.6 is 0 Å². The highest BCUT2D eigenvalue weighted by molar-refractivity contribution is 6.03. The van der Waals surface area contributed by atoms with Crippen molar-refractivity contribution in [3.05, 3.63) is 118 Å². The SMILES string of the molecule is COCC(=O)c1cc(N2CCC(N3CCOCC3)CC2)c2c(C3CCC3)nn(-c3cc[nH]c(=O)c3)c2n1.COCC(=O)c1cc(N2CCC(N3CCOCC3)CC2)c2c(C3CCC3)nn(-c3ccnc(OCc4ccccc4)c3)c2n1. The molecule has 81 heavy (non-hydrogen) atoms. The standard InChI is InChI=1S/C34H40N6O4.C27H34N6O4/c1-42-23-30(41)28-21-29(39-14-11-26(12-15-39)38-16-18-43-19-17-38)32-33(25-8-5-9-25)37-40(34(32)36-28)27-10-13-35-31(20-27)44-22-24-6-3-2-4-7-24;1-36-17-23(34)21-16-22(32-9-6-19(7-10-32)31-11-13-37-14-12-31)25-26(18-3-2-4-18)30-33(27(25)29-21)20-5-8-28-24(35)15-20/h2-4,6-7,10,13,20-21,25-26H,5,8-9,11-12,14-19,22-23H2,1H3;5,8,15-16,18-19H,2-4,6-7,9-14,17H2,1H3,(H,28,35). The van der Waals surface area contributed by atoms with Gasteiger partial charge < -0.3 is 38.5 Å². The molecule has 0 atom stereocenters. The fourth-order valence-corrected chi connectivity index (χ4v) is 12.5. The molecule has 7 aromatic rings. The first-order chi connectivity index (χ1) is 39.8. The van der Waals surface area contributed by atoms with Crippen molar-refractivity contribution >= 4 is 45.0 Å². The number of nitrogens with one attached hydrogen (secondary N) is 1. The number of ketones is 2. The van der Waals surface area contributed by atoms with Crippen molar-refractivity contribution in [3.63, 3.8) is 0 Å². The predicted molar refractivity (Wildman–Crippen MR) is 308 cm³/mol. The number of hydrogen-bond donors (Lipinski definition) is 1. The van der Waals surface area contributed by atoms with Gasteiger partial charge in [0.15, 0.2) is 11.3 Å². The second-order valence-electron chi connectivity index (χ2n) is 22.3. The Labute approximate surface area is 471 Å². The number of Topliss-reactive ketones (excluding diaryl/α,β-unsaturated/α-hetero) is 2. The summed E-state index contributed by atoms with van der Waals surface area (Å²) in [6.07, 6.45) is 14.4. The molecule has 0 radical (unpaired) electrons. The van der Waals surface area contributed by atoms with E-state index in [-0.39, 0.29) is 30.3 Å². The summed E-state index contributed by atoms with van der Waals surface area (Å²) in [5, 5.41) is 12.3. The summed E-state index contributed by atoms with van der Waals surface area (Å²) >= 11 is 0. The monoisotopic (exact) mass is 1100 g/mol. The van der Waals surface area contributed by atoms with E-state index in [0.717, 1.165) is 175 Å². The molecule has 2 aliphatic carbocycles. The fraction of sp³-hybridized carbons (Fsp3) is 0.508. The van der Waals surface area contributed by atoms with E-state index in [9.17, 15) is 14.4 Å². The van der Waals surface area contributed by atoms with E-state index in [1.54, 1.807) is 24.2 Å². The van der Waals surface area contributed by atoms with Gasteiger partial charge in [-0.15, -0.1) is 0 Å². The van der Waals surface area contributed by atoms with Crippen LogP contribution in [0.25, 0.3) is 33.4 Å². The van der Waals surface area contributed by atoms with Crippen LogP contribution in [0, 0.1) is 0 Å². The topological polar surface area (TPSA) is 200 Å². The fourth-order valence-electron chi connectivity index (χ4n) is 12.5. The van der Waals surface area contributed by atoms with Crippen LogP contribution in [0.2, 0.25) is 0 Å². The minimum absolute atomic E-state index is 0.0204. The Balaban J connectivity index is 0.000000163. The van der Waals surface area contributed by atoms with Gasteiger partial charge in [-0.2, -0.15) is 10.2 Å². The second kappa shape index (κ2) is 25.1.